The van der Waals surface area contributed by atoms with Crippen LogP contribution in [0, 0.1) is 5.92 Å². The molecule has 0 bridgehead atoms. The van der Waals surface area contributed by atoms with Gasteiger partial charge in [0.1, 0.15) is 0 Å². The van der Waals surface area contributed by atoms with E-state index in [1.165, 1.54) is 10.4 Å². The summed E-state index contributed by atoms with van der Waals surface area (Å²) in [5.74, 6) is -1.40. The molecule has 130 valence electrons. The largest absolute Gasteiger partial charge is 0.481 e. The number of carboxylic acids is 1. The van der Waals surface area contributed by atoms with E-state index >= 15 is 0 Å². The van der Waals surface area contributed by atoms with E-state index in [2.05, 4.69) is 5.32 Å². The number of nitrogens with zero attached hydrogens (tertiary/aromatic N) is 1. The van der Waals surface area contributed by atoms with E-state index in [0.29, 0.717) is 37.8 Å². The molecule has 0 atom stereocenters. The highest BCUT2D eigenvalue weighted by atomic mass is 32.2. The molecule has 0 unspecified atom stereocenters. The molecule has 7 nitrogen and oxygen atoms in total. The van der Waals surface area contributed by atoms with Crippen molar-refractivity contribution in [3.8, 4) is 0 Å². The minimum atomic E-state index is -3.64. The number of anilines is 1. The van der Waals surface area contributed by atoms with Crippen molar-refractivity contribution in [1.82, 2.24) is 4.31 Å². The molecule has 2 N–H and O–H groups in total. The van der Waals surface area contributed by atoms with Crippen LogP contribution < -0.4 is 5.32 Å². The second-order valence-electron chi connectivity index (χ2n) is 6.24. The third kappa shape index (κ3) is 3.29. The zero-order valence-electron chi connectivity index (χ0n) is 13.2. The van der Waals surface area contributed by atoms with Crippen molar-refractivity contribution in [3.05, 3.63) is 23.8 Å². The van der Waals surface area contributed by atoms with E-state index in [0.717, 1.165) is 5.56 Å². The fourth-order valence-electron chi connectivity index (χ4n) is 3.20. The molecular weight excluding hydrogens is 332 g/mol. The quantitative estimate of drug-likeness (QED) is 0.857. The van der Waals surface area contributed by atoms with Gasteiger partial charge >= 0.3 is 5.97 Å². The van der Waals surface area contributed by atoms with Crippen molar-refractivity contribution in [2.24, 2.45) is 5.92 Å². The molecule has 0 aliphatic carbocycles. The number of amides is 1. The summed E-state index contributed by atoms with van der Waals surface area (Å²) in [6.07, 6.45) is 2.43. The Balaban J connectivity index is 1.82. The molecule has 2 aliphatic heterocycles. The van der Waals surface area contributed by atoms with Crippen molar-refractivity contribution in [2.45, 2.75) is 37.0 Å². The van der Waals surface area contributed by atoms with Gasteiger partial charge in [0, 0.05) is 25.2 Å². The van der Waals surface area contributed by atoms with Crippen LogP contribution in [0.15, 0.2) is 23.1 Å². The standard InChI is InChI=1S/C16H20N2O5S/c19-15-3-1-2-12-10-13(4-5-14(12)17-15)24(22,23)18-8-6-11(7-9-18)16(20)21/h4-5,10-11H,1-3,6-9H2,(H,17,19)(H,20,21). The summed E-state index contributed by atoms with van der Waals surface area (Å²) in [5.41, 5.74) is 1.49. The van der Waals surface area contributed by atoms with Crippen molar-refractivity contribution in [2.75, 3.05) is 18.4 Å². The Morgan fingerprint density at radius 1 is 1.21 bits per heavy atom. The first-order valence-electron chi connectivity index (χ1n) is 8.03. The lowest BCUT2D eigenvalue weighted by Crippen LogP contribution is -2.40. The number of sulfonamides is 1. The minimum absolute atomic E-state index is 0.0555. The number of aryl methyl sites for hydroxylation is 1. The van der Waals surface area contributed by atoms with Gasteiger partial charge in [-0.2, -0.15) is 4.31 Å². The molecule has 24 heavy (non-hydrogen) atoms. The fourth-order valence-corrected chi connectivity index (χ4v) is 4.72. The average Bonchev–Trinajstić information content (AvgIpc) is 2.74. The molecule has 0 aromatic heterocycles. The van der Waals surface area contributed by atoms with E-state index in [1.54, 1.807) is 12.1 Å². The Hall–Kier alpha value is -1.93. The van der Waals surface area contributed by atoms with Gasteiger partial charge in [0.05, 0.1) is 10.8 Å². The zero-order chi connectivity index (χ0) is 17.3. The third-order valence-electron chi connectivity index (χ3n) is 4.64. The monoisotopic (exact) mass is 352 g/mol. The number of carbonyl (C=O) groups is 2. The van der Waals surface area contributed by atoms with Crippen LogP contribution in [0.3, 0.4) is 0 Å². The molecule has 0 radical (unpaired) electrons. The van der Waals surface area contributed by atoms with Crippen LogP contribution in [0.4, 0.5) is 5.69 Å². The predicted molar refractivity (Wildman–Crippen MR) is 87.1 cm³/mol. The highest BCUT2D eigenvalue weighted by Gasteiger charge is 2.32. The van der Waals surface area contributed by atoms with Crippen molar-refractivity contribution in [3.63, 3.8) is 0 Å². The van der Waals surface area contributed by atoms with Crippen molar-refractivity contribution < 1.29 is 23.1 Å². The lowest BCUT2D eigenvalue weighted by Gasteiger charge is -2.29. The fraction of sp³-hybridized carbons (Fsp3) is 0.500. The summed E-state index contributed by atoms with van der Waals surface area (Å²) in [5, 5.41) is 11.8. The third-order valence-corrected chi connectivity index (χ3v) is 6.54. The molecule has 1 amide bonds. The maximum Gasteiger partial charge on any atom is 0.306 e. The summed E-state index contributed by atoms with van der Waals surface area (Å²) in [6.45, 7) is 0.431. The van der Waals surface area contributed by atoms with E-state index < -0.39 is 21.9 Å². The molecule has 1 saturated heterocycles. The van der Waals surface area contributed by atoms with Crippen LogP contribution in [-0.2, 0) is 26.0 Å². The van der Waals surface area contributed by atoms with Gasteiger partial charge in [-0.3, -0.25) is 9.59 Å². The highest BCUT2D eigenvalue weighted by molar-refractivity contribution is 7.89. The Morgan fingerprint density at radius 2 is 1.92 bits per heavy atom. The van der Waals surface area contributed by atoms with Crippen LogP contribution >= 0.6 is 0 Å². The Morgan fingerprint density at radius 3 is 2.58 bits per heavy atom. The molecule has 1 aromatic rings. The number of benzene rings is 1. The normalized spacial score (nSPS) is 20.1. The Kier molecular flexibility index (Phi) is 4.60. The van der Waals surface area contributed by atoms with Gasteiger partial charge < -0.3 is 10.4 Å². The van der Waals surface area contributed by atoms with Gasteiger partial charge in [0.25, 0.3) is 0 Å². The van der Waals surface area contributed by atoms with Crippen LogP contribution in [0.5, 0.6) is 0 Å². The summed E-state index contributed by atoms with van der Waals surface area (Å²) in [7, 11) is -3.64. The second kappa shape index (κ2) is 6.52. The predicted octanol–water partition coefficient (Wildman–Crippen LogP) is 1.45. The highest BCUT2D eigenvalue weighted by Crippen LogP contribution is 2.28. The first-order valence-corrected chi connectivity index (χ1v) is 9.47. The van der Waals surface area contributed by atoms with Gasteiger partial charge in [-0.25, -0.2) is 8.42 Å². The molecule has 2 aliphatic rings. The van der Waals surface area contributed by atoms with Crippen LogP contribution in [0.25, 0.3) is 0 Å². The first-order chi connectivity index (χ1) is 11.4. The van der Waals surface area contributed by atoms with E-state index in [-0.39, 0.29) is 23.9 Å². The average molecular weight is 352 g/mol. The maximum absolute atomic E-state index is 12.8. The van der Waals surface area contributed by atoms with E-state index in [9.17, 15) is 18.0 Å². The second-order valence-corrected chi connectivity index (χ2v) is 8.18. The molecule has 2 heterocycles. The number of hydrogen-bond acceptors (Lipinski definition) is 4. The van der Waals surface area contributed by atoms with Crippen LogP contribution in [-0.4, -0.2) is 42.8 Å². The summed E-state index contributed by atoms with van der Waals surface area (Å²) in [6, 6.07) is 4.76. The summed E-state index contributed by atoms with van der Waals surface area (Å²) in [4.78, 5) is 22.8. The zero-order valence-corrected chi connectivity index (χ0v) is 14.0. The Bertz CT molecular complexity index is 767. The van der Waals surface area contributed by atoms with E-state index in [1.807, 2.05) is 0 Å². The molecule has 8 heteroatoms. The Labute approximate surface area is 140 Å². The number of nitrogens with one attached hydrogen (secondary N) is 1. The number of hydrogen-bond donors (Lipinski definition) is 2. The number of carbonyl (C=O) groups excluding carboxylic acids is 1. The molecule has 0 spiro atoms. The van der Waals surface area contributed by atoms with Gasteiger partial charge in [-0.1, -0.05) is 0 Å². The summed E-state index contributed by atoms with van der Waals surface area (Å²) >= 11 is 0. The smallest absolute Gasteiger partial charge is 0.306 e. The maximum atomic E-state index is 12.8. The molecule has 1 aromatic carbocycles. The van der Waals surface area contributed by atoms with Crippen molar-refractivity contribution in [1.29, 1.82) is 0 Å². The van der Waals surface area contributed by atoms with Gasteiger partial charge in [-0.05, 0) is 49.4 Å². The molecule has 1 fully saturated rings. The molecule has 0 saturated carbocycles. The number of carboxylic acid groups (broad SMARTS) is 1. The lowest BCUT2D eigenvalue weighted by molar-refractivity contribution is -0.142. The van der Waals surface area contributed by atoms with Crippen LogP contribution in [0.1, 0.15) is 31.2 Å². The number of fused-ring (bicyclic) bond motifs is 1. The van der Waals surface area contributed by atoms with E-state index in [4.69, 9.17) is 5.11 Å². The minimum Gasteiger partial charge on any atom is -0.481 e. The number of aliphatic carboxylic acids is 1. The topological polar surface area (TPSA) is 104 Å². The first kappa shape index (κ1) is 16.9. The molecule has 3 rings (SSSR count). The van der Waals surface area contributed by atoms with Crippen molar-refractivity contribution >= 4 is 27.6 Å². The molecular formula is C16H20N2O5S. The SMILES string of the molecule is O=C1CCCc2cc(S(=O)(=O)N3CCC(C(=O)O)CC3)ccc2N1. The van der Waals surface area contributed by atoms with Gasteiger partial charge in [0.15, 0.2) is 0 Å². The van der Waals surface area contributed by atoms with Crippen LogP contribution in [0.2, 0.25) is 0 Å². The van der Waals surface area contributed by atoms with Gasteiger partial charge in [0.2, 0.25) is 15.9 Å². The lowest BCUT2D eigenvalue weighted by atomic mass is 9.99. The number of piperidine rings is 1. The summed E-state index contributed by atoms with van der Waals surface area (Å²) < 4.78 is 26.9. The van der Waals surface area contributed by atoms with Gasteiger partial charge in [-0.15, -0.1) is 0 Å². The number of rotatable bonds is 3.